The molecule has 0 aliphatic heterocycles. The van der Waals surface area contributed by atoms with Crippen LogP contribution in [0.3, 0.4) is 0 Å². The normalized spacial score (nSPS) is 10.3. The Kier molecular flexibility index (Phi) is 3.66. The summed E-state index contributed by atoms with van der Waals surface area (Å²) in [4.78, 5) is 11.8. The minimum Gasteiger partial charge on any atom is -0.397 e. The van der Waals surface area contributed by atoms with E-state index in [0.29, 0.717) is 16.8 Å². The van der Waals surface area contributed by atoms with Crippen molar-refractivity contribution in [3.8, 4) is 0 Å². The monoisotopic (exact) mass is 282 g/mol. The molecule has 3 nitrogen and oxygen atoms in total. The van der Waals surface area contributed by atoms with Gasteiger partial charge in [0.05, 0.1) is 11.4 Å². The highest BCUT2D eigenvalue weighted by Gasteiger charge is 2.11. The zero-order valence-corrected chi connectivity index (χ0v) is 10.3. The van der Waals surface area contributed by atoms with Crippen molar-refractivity contribution in [3.05, 3.63) is 58.6 Å². The highest BCUT2D eigenvalue weighted by atomic mass is 35.5. The number of hydrogen-bond acceptors (Lipinski definition) is 2. The Bertz CT molecular complexity index is 626. The second-order valence-corrected chi connectivity index (χ2v) is 4.28. The van der Waals surface area contributed by atoms with E-state index in [4.69, 9.17) is 17.3 Å². The van der Waals surface area contributed by atoms with Gasteiger partial charge in [0.25, 0.3) is 5.91 Å². The summed E-state index contributed by atoms with van der Waals surface area (Å²) >= 11 is 5.77. The van der Waals surface area contributed by atoms with Gasteiger partial charge in [0, 0.05) is 16.7 Å². The maximum Gasteiger partial charge on any atom is 0.255 e. The molecule has 2 rings (SSSR count). The van der Waals surface area contributed by atoms with E-state index >= 15 is 0 Å². The summed E-state index contributed by atoms with van der Waals surface area (Å²) < 4.78 is 26.0. The summed E-state index contributed by atoms with van der Waals surface area (Å²) in [6.07, 6.45) is 0. The third-order valence-electron chi connectivity index (χ3n) is 2.39. The van der Waals surface area contributed by atoms with E-state index in [-0.39, 0.29) is 11.3 Å². The van der Waals surface area contributed by atoms with Gasteiger partial charge < -0.3 is 11.1 Å². The molecule has 0 heterocycles. The van der Waals surface area contributed by atoms with Crippen LogP contribution in [0.15, 0.2) is 36.4 Å². The lowest BCUT2D eigenvalue weighted by atomic mass is 10.2. The van der Waals surface area contributed by atoms with Crippen LogP contribution in [0, 0.1) is 11.6 Å². The molecule has 1 amide bonds. The van der Waals surface area contributed by atoms with Crippen LogP contribution in [0.2, 0.25) is 5.02 Å². The molecule has 0 unspecified atom stereocenters. The number of nitrogens with two attached hydrogens (primary N) is 1. The van der Waals surface area contributed by atoms with E-state index in [1.165, 1.54) is 12.1 Å². The minimum absolute atomic E-state index is 0.142. The number of anilines is 2. The first-order chi connectivity index (χ1) is 8.95. The fourth-order valence-corrected chi connectivity index (χ4v) is 1.69. The molecule has 2 aromatic carbocycles. The van der Waals surface area contributed by atoms with E-state index in [2.05, 4.69) is 5.32 Å². The third kappa shape index (κ3) is 3.20. The highest BCUT2D eigenvalue weighted by Crippen LogP contribution is 2.23. The van der Waals surface area contributed by atoms with Crippen molar-refractivity contribution in [2.24, 2.45) is 0 Å². The van der Waals surface area contributed by atoms with Crippen LogP contribution in [0.5, 0.6) is 0 Å². The van der Waals surface area contributed by atoms with Crippen molar-refractivity contribution in [2.75, 3.05) is 11.1 Å². The molecule has 98 valence electrons. The van der Waals surface area contributed by atoms with Crippen molar-refractivity contribution < 1.29 is 13.6 Å². The molecule has 0 saturated heterocycles. The topological polar surface area (TPSA) is 55.1 Å². The fraction of sp³-hybridized carbons (Fsp3) is 0. The molecule has 6 heteroatoms. The minimum atomic E-state index is -0.829. The Morgan fingerprint density at radius 3 is 2.37 bits per heavy atom. The van der Waals surface area contributed by atoms with Crippen LogP contribution < -0.4 is 11.1 Å². The summed E-state index contributed by atoms with van der Waals surface area (Å²) in [5.41, 5.74) is 6.09. The average molecular weight is 283 g/mol. The molecular formula is C13H9ClF2N2O. The standard InChI is InChI=1S/C13H9ClF2N2O/c14-8-1-2-11(17)12(5-8)18-13(19)7-3-9(15)6-10(16)4-7/h1-6H,17H2,(H,18,19). The molecular weight excluding hydrogens is 274 g/mol. The fourth-order valence-electron chi connectivity index (χ4n) is 1.52. The molecule has 0 radical (unpaired) electrons. The molecule has 0 bridgehead atoms. The quantitative estimate of drug-likeness (QED) is 0.829. The first-order valence-electron chi connectivity index (χ1n) is 5.28. The lowest BCUT2D eigenvalue weighted by Gasteiger charge is -2.08. The zero-order valence-electron chi connectivity index (χ0n) is 9.58. The SMILES string of the molecule is Nc1ccc(Cl)cc1NC(=O)c1cc(F)cc(F)c1. The summed E-state index contributed by atoms with van der Waals surface area (Å²) in [6, 6.07) is 7.08. The maximum absolute atomic E-state index is 13.0. The Balaban J connectivity index is 2.28. The van der Waals surface area contributed by atoms with Gasteiger partial charge in [0.1, 0.15) is 11.6 Å². The van der Waals surface area contributed by atoms with Crippen LogP contribution in [0.4, 0.5) is 20.2 Å². The zero-order chi connectivity index (χ0) is 14.0. The van der Waals surface area contributed by atoms with Gasteiger partial charge in [0.2, 0.25) is 0 Å². The first kappa shape index (κ1) is 13.3. The predicted molar refractivity (Wildman–Crippen MR) is 70.2 cm³/mol. The molecule has 0 aliphatic carbocycles. The Morgan fingerprint density at radius 2 is 1.74 bits per heavy atom. The number of halogens is 3. The first-order valence-corrected chi connectivity index (χ1v) is 5.66. The van der Waals surface area contributed by atoms with E-state index in [1.807, 2.05) is 0 Å². The van der Waals surface area contributed by atoms with Gasteiger partial charge in [0.15, 0.2) is 0 Å². The molecule has 0 aromatic heterocycles. The van der Waals surface area contributed by atoms with Gasteiger partial charge in [-0.05, 0) is 30.3 Å². The van der Waals surface area contributed by atoms with E-state index < -0.39 is 17.5 Å². The largest absolute Gasteiger partial charge is 0.397 e. The molecule has 3 N–H and O–H groups in total. The van der Waals surface area contributed by atoms with Crippen LogP contribution in [0.1, 0.15) is 10.4 Å². The van der Waals surface area contributed by atoms with Crippen molar-refractivity contribution >= 4 is 28.9 Å². The molecule has 0 fully saturated rings. The number of carbonyl (C=O) groups is 1. The Labute approximate surface area is 113 Å². The van der Waals surface area contributed by atoms with Crippen molar-refractivity contribution in [2.45, 2.75) is 0 Å². The summed E-state index contributed by atoms with van der Waals surface area (Å²) in [5, 5.41) is 2.82. The van der Waals surface area contributed by atoms with E-state index in [9.17, 15) is 13.6 Å². The number of benzene rings is 2. The average Bonchev–Trinajstić information content (AvgIpc) is 2.32. The maximum atomic E-state index is 13.0. The Morgan fingerprint density at radius 1 is 1.11 bits per heavy atom. The number of hydrogen-bond donors (Lipinski definition) is 2. The number of carbonyl (C=O) groups excluding carboxylic acids is 1. The smallest absolute Gasteiger partial charge is 0.255 e. The van der Waals surface area contributed by atoms with Crippen molar-refractivity contribution in [1.82, 2.24) is 0 Å². The van der Waals surface area contributed by atoms with E-state index in [1.54, 1.807) is 6.07 Å². The second kappa shape index (κ2) is 5.24. The van der Waals surface area contributed by atoms with Crippen LogP contribution in [-0.4, -0.2) is 5.91 Å². The van der Waals surface area contributed by atoms with Gasteiger partial charge in [-0.25, -0.2) is 8.78 Å². The molecule has 0 aliphatic rings. The summed E-state index contributed by atoms with van der Waals surface area (Å²) in [5.74, 6) is -2.33. The van der Waals surface area contributed by atoms with Gasteiger partial charge in [-0.3, -0.25) is 4.79 Å². The summed E-state index contributed by atoms with van der Waals surface area (Å²) in [7, 11) is 0. The molecule has 0 saturated carbocycles. The second-order valence-electron chi connectivity index (χ2n) is 3.84. The number of amides is 1. The molecule has 2 aromatic rings. The predicted octanol–water partition coefficient (Wildman–Crippen LogP) is 3.45. The number of rotatable bonds is 2. The Hall–Kier alpha value is -2.14. The third-order valence-corrected chi connectivity index (χ3v) is 2.62. The highest BCUT2D eigenvalue weighted by molar-refractivity contribution is 6.31. The van der Waals surface area contributed by atoms with E-state index in [0.717, 1.165) is 12.1 Å². The molecule has 0 atom stereocenters. The van der Waals surface area contributed by atoms with Gasteiger partial charge >= 0.3 is 0 Å². The van der Waals surface area contributed by atoms with Crippen LogP contribution >= 0.6 is 11.6 Å². The number of nitrogens with one attached hydrogen (secondary N) is 1. The van der Waals surface area contributed by atoms with Crippen molar-refractivity contribution in [3.63, 3.8) is 0 Å². The molecule has 0 spiro atoms. The lowest BCUT2D eigenvalue weighted by molar-refractivity contribution is 0.102. The number of nitrogen functional groups attached to an aromatic ring is 1. The van der Waals surface area contributed by atoms with Gasteiger partial charge in [-0.15, -0.1) is 0 Å². The summed E-state index contributed by atoms with van der Waals surface area (Å²) in [6.45, 7) is 0. The lowest BCUT2D eigenvalue weighted by Crippen LogP contribution is -2.13. The van der Waals surface area contributed by atoms with Gasteiger partial charge in [-0.2, -0.15) is 0 Å². The van der Waals surface area contributed by atoms with Crippen molar-refractivity contribution in [1.29, 1.82) is 0 Å². The molecule has 19 heavy (non-hydrogen) atoms. The van der Waals surface area contributed by atoms with Crippen LogP contribution in [-0.2, 0) is 0 Å². The van der Waals surface area contributed by atoms with Gasteiger partial charge in [-0.1, -0.05) is 11.6 Å². The van der Waals surface area contributed by atoms with Crippen LogP contribution in [0.25, 0.3) is 0 Å².